The predicted octanol–water partition coefficient (Wildman–Crippen LogP) is 5.28. The van der Waals surface area contributed by atoms with E-state index in [2.05, 4.69) is 15.5 Å². The van der Waals surface area contributed by atoms with E-state index in [0.717, 1.165) is 22.7 Å². The molecule has 0 bridgehead atoms. The van der Waals surface area contributed by atoms with Crippen molar-refractivity contribution in [2.24, 2.45) is 0 Å². The van der Waals surface area contributed by atoms with E-state index in [1.54, 1.807) is 12.3 Å². The number of hydrogen-bond donors (Lipinski definition) is 1. The highest BCUT2D eigenvalue weighted by Crippen LogP contribution is 2.26. The second kappa shape index (κ2) is 9.19. The second-order valence-corrected chi connectivity index (χ2v) is 7.94. The van der Waals surface area contributed by atoms with Crippen LogP contribution in [0.25, 0.3) is 11.4 Å². The summed E-state index contributed by atoms with van der Waals surface area (Å²) in [6.07, 6.45) is 1.63. The Balaban J connectivity index is 1.52. The number of halogens is 1. The molecule has 1 amide bonds. The van der Waals surface area contributed by atoms with E-state index >= 15 is 0 Å². The molecule has 0 aliphatic carbocycles. The van der Waals surface area contributed by atoms with Gasteiger partial charge in [0.1, 0.15) is 5.76 Å². The van der Waals surface area contributed by atoms with Crippen LogP contribution in [0.4, 0.5) is 5.69 Å². The molecule has 0 aliphatic heterocycles. The van der Waals surface area contributed by atoms with Crippen molar-refractivity contribution in [3.8, 4) is 11.4 Å². The Morgan fingerprint density at radius 3 is 2.70 bits per heavy atom. The van der Waals surface area contributed by atoms with Gasteiger partial charge in [0.2, 0.25) is 5.91 Å². The minimum absolute atomic E-state index is 0.140. The van der Waals surface area contributed by atoms with E-state index in [1.165, 1.54) is 11.8 Å². The fourth-order valence-corrected chi connectivity index (χ4v) is 3.87. The summed E-state index contributed by atoms with van der Waals surface area (Å²) in [6, 6.07) is 19.0. The number of benzene rings is 2. The van der Waals surface area contributed by atoms with Gasteiger partial charge in [0, 0.05) is 16.3 Å². The van der Waals surface area contributed by atoms with Crippen molar-refractivity contribution >= 4 is 35.0 Å². The molecular formula is C22H19ClN4O2S. The van der Waals surface area contributed by atoms with Crippen molar-refractivity contribution in [2.75, 3.05) is 11.1 Å². The first kappa shape index (κ1) is 20.3. The molecule has 0 saturated carbocycles. The van der Waals surface area contributed by atoms with Gasteiger partial charge < -0.3 is 9.73 Å². The number of carbonyl (C=O) groups is 1. The Morgan fingerprint density at radius 2 is 1.93 bits per heavy atom. The molecule has 1 N–H and O–H groups in total. The Kier molecular flexibility index (Phi) is 6.21. The molecule has 2 heterocycles. The normalized spacial score (nSPS) is 10.9. The number of nitrogens with one attached hydrogen (secondary N) is 1. The lowest BCUT2D eigenvalue weighted by Crippen LogP contribution is -2.15. The fraction of sp³-hybridized carbons (Fsp3) is 0.136. The molecule has 152 valence electrons. The molecule has 0 spiro atoms. The van der Waals surface area contributed by atoms with Crippen LogP contribution < -0.4 is 5.32 Å². The molecule has 8 heteroatoms. The molecule has 4 rings (SSSR count). The standard InChI is InChI=1S/C22H19ClN4O2S/c1-15-18(23)10-5-11-19(15)24-20(28)14-30-22-26-25-21(16-7-3-2-4-8-16)27(22)13-17-9-6-12-29-17/h2-12H,13-14H2,1H3,(H,24,28). The maximum atomic E-state index is 12.5. The molecule has 0 unspecified atom stereocenters. The summed E-state index contributed by atoms with van der Waals surface area (Å²) in [5.74, 6) is 1.56. The van der Waals surface area contributed by atoms with Gasteiger partial charge in [-0.1, -0.05) is 59.8 Å². The Bertz CT molecular complexity index is 1140. The highest BCUT2D eigenvalue weighted by atomic mass is 35.5. The largest absolute Gasteiger partial charge is 0.467 e. The molecule has 6 nitrogen and oxygen atoms in total. The molecule has 30 heavy (non-hydrogen) atoms. The van der Waals surface area contributed by atoms with Crippen molar-refractivity contribution in [3.05, 3.63) is 83.3 Å². The van der Waals surface area contributed by atoms with Crippen LogP contribution in [0.15, 0.2) is 76.5 Å². The number of furan rings is 1. The van der Waals surface area contributed by atoms with E-state index in [1.807, 2.05) is 66.1 Å². The Hall–Kier alpha value is -3.03. The zero-order chi connectivity index (χ0) is 20.9. The number of anilines is 1. The first-order chi connectivity index (χ1) is 14.6. The van der Waals surface area contributed by atoms with E-state index in [4.69, 9.17) is 16.0 Å². The van der Waals surface area contributed by atoms with Crippen molar-refractivity contribution in [2.45, 2.75) is 18.6 Å². The topological polar surface area (TPSA) is 73.0 Å². The minimum atomic E-state index is -0.140. The van der Waals surface area contributed by atoms with Gasteiger partial charge in [0.05, 0.1) is 18.6 Å². The maximum Gasteiger partial charge on any atom is 0.234 e. The summed E-state index contributed by atoms with van der Waals surface area (Å²) in [5, 5.41) is 12.8. The molecule has 2 aromatic carbocycles. The average molecular weight is 439 g/mol. The van der Waals surface area contributed by atoms with Crippen LogP contribution in [0.1, 0.15) is 11.3 Å². The molecule has 0 saturated heterocycles. The lowest BCUT2D eigenvalue weighted by Gasteiger charge is -2.10. The third-order valence-corrected chi connectivity index (χ3v) is 5.89. The molecule has 0 radical (unpaired) electrons. The zero-order valence-electron chi connectivity index (χ0n) is 16.2. The van der Waals surface area contributed by atoms with Gasteiger partial charge in [-0.25, -0.2) is 0 Å². The summed E-state index contributed by atoms with van der Waals surface area (Å²) < 4.78 is 7.46. The van der Waals surface area contributed by atoms with Crippen LogP contribution in [0, 0.1) is 6.92 Å². The van der Waals surface area contributed by atoms with Crippen molar-refractivity contribution in [3.63, 3.8) is 0 Å². The van der Waals surface area contributed by atoms with Gasteiger partial charge >= 0.3 is 0 Å². The first-order valence-electron chi connectivity index (χ1n) is 9.30. The van der Waals surface area contributed by atoms with Crippen molar-refractivity contribution < 1.29 is 9.21 Å². The van der Waals surface area contributed by atoms with Gasteiger partial charge in [0.15, 0.2) is 11.0 Å². The smallest absolute Gasteiger partial charge is 0.234 e. The summed E-state index contributed by atoms with van der Waals surface area (Å²) in [7, 11) is 0. The van der Waals surface area contributed by atoms with Crippen molar-refractivity contribution in [1.29, 1.82) is 0 Å². The third kappa shape index (κ3) is 4.58. The minimum Gasteiger partial charge on any atom is -0.467 e. The summed E-state index contributed by atoms with van der Waals surface area (Å²) in [6.45, 7) is 2.35. The number of rotatable bonds is 7. The molecule has 0 fully saturated rings. The maximum absolute atomic E-state index is 12.5. The fourth-order valence-electron chi connectivity index (χ4n) is 2.96. The molecule has 0 atom stereocenters. The zero-order valence-corrected chi connectivity index (χ0v) is 17.8. The van der Waals surface area contributed by atoms with Crippen LogP contribution in [0.5, 0.6) is 0 Å². The van der Waals surface area contributed by atoms with Gasteiger partial charge in [-0.3, -0.25) is 9.36 Å². The Morgan fingerprint density at radius 1 is 1.10 bits per heavy atom. The number of nitrogens with zero attached hydrogens (tertiary/aromatic N) is 3. The summed E-state index contributed by atoms with van der Waals surface area (Å²) in [5.41, 5.74) is 2.49. The molecule has 4 aromatic rings. The van der Waals surface area contributed by atoms with Crippen LogP contribution in [-0.2, 0) is 11.3 Å². The van der Waals surface area contributed by atoms with Gasteiger partial charge in [-0.15, -0.1) is 10.2 Å². The quantitative estimate of drug-likeness (QED) is 0.397. The highest BCUT2D eigenvalue weighted by molar-refractivity contribution is 7.99. The number of hydrogen-bond acceptors (Lipinski definition) is 5. The van der Waals surface area contributed by atoms with Crippen LogP contribution in [-0.4, -0.2) is 26.4 Å². The average Bonchev–Trinajstić information content (AvgIpc) is 3.41. The van der Waals surface area contributed by atoms with E-state index in [-0.39, 0.29) is 11.7 Å². The SMILES string of the molecule is Cc1c(Cl)cccc1NC(=O)CSc1nnc(-c2ccccc2)n1Cc1ccco1. The van der Waals surface area contributed by atoms with Gasteiger partial charge in [0.25, 0.3) is 0 Å². The van der Waals surface area contributed by atoms with Crippen LogP contribution >= 0.6 is 23.4 Å². The number of thioether (sulfide) groups is 1. The Labute approximate surface area is 183 Å². The first-order valence-corrected chi connectivity index (χ1v) is 10.7. The third-order valence-electron chi connectivity index (χ3n) is 4.52. The summed E-state index contributed by atoms with van der Waals surface area (Å²) >= 11 is 7.46. The number of carbonyl (C=O) groups excluding carboxylic acids is 1. The molecule has 2 aromatic heterocycles. The van der Waals surface area contributed by atoms with Crippen molar-refractivity contribution in [1.82, 2.24) is 14.8 Å². The summed E-state index contributed by atoms with van der Waals surface area (Å²) in [4.78, 5) is 12.5. The number of aromatic nitrogens is 3. The molecular weight excluding hydrogens is 420 g/mol. The monoisotopic (exact) mass is 438 g/mol. The molecule has 0 aliphatic rings. The highest BCUT2D eigenvalue weighted by Gasteiger charge is 2.17. The number of amides is 1. The van der Waals surface area contributed by atoms with Crippen LogP contribution in [0.2, 0.25) is 5.02 Å². The van der Waals surface area contributed by atoms with Crippen LogP contribution in [0.3, 0.4) is 0 Å². The lowest BCUT2D eigenvalue weighted by molar-refractivity contribution is -0.113. The van der Waals surface area contributed by atoms with Gasteiger partial charge in [-0.2, -0.15) is 0 Å². The van der Waals surface area contributed by atoms with E-state index in [0.29, 0.717) is 22.4 Å². The van der Waals surface area contributed by atoms with E-state index in [9.17, 15) is 4.79 Å². The second-order valence-electron chi connectivity index (χ2n) is 6.59. The van der Waals surface area contributed by atoms with E-state index < -0.39 is 0 Å². The van der Waals surface area contributed by atoms with Gasteiger partial charge in [-0.05, 0) is 36.8 Å². The predicted molar refractivity (Wildman–Crippen MR) is 119 cm³/mol. The lowest BCUT2D eigenvalue weighted by atomic mass is 10.2.